The van der Waals surface area contributed by atoms with E-state index in [1.807, 2.05) is 11.8 Å². The molecule has 0 N–H and O–H groups in total. The Morgan fingerprint density at radius 2 is 1.50 bits per heavy atom. The maximum absolute atomic E-state index is 4.45. The summed E-state index contributed by atoms with van der Waals surface area (Å²) in [6.45, 7) is 0.0995. The monoisotopic (exact) mass is 609 g/mol. The summed E-state index contributed by atoms with van der Waals surface area (Å²) in [5.41, 5.74) is 14.3. The van der Waals surface area contributed by atoms with Crippen LogP contribution in [-0.4, -0.2) is 26.2 Å². The van der Waals surface area contributed by atoms with Crippen molar-refractivity contribution in [3.8, 4) is 17.1 Å². The Hall–Kier alpha value is -5.14. The Morgan fingerprint density at radius 3 is 2.41 bits per heavy atom. The molecule has 0 atom stereocenters. The van der Waals surface area contributed by atoms with Crippen LogP contribution in [0.15, 0.2) is 132 Å². The topological polar surface area (TPSA) is 46.8 Å². The number of aromatic nitrogens is 4. The van der Waals surface area contributed by atoms with Crippen molar-refractivity contribution in [3.05, 3.63) is 133 Å². The van der Waals surface area contributed by atoms with Crippen LogP contribution in [0, 0.1) is 0 Å². The van der Waals surface area contributed by atoms with Crippen molar-refractivity contribution >= 4 is 62.8 Å². The predicted octanol–water partition coefficient (Wildman–Crippen LogP) is 7.13. The van der Waals surface area contributed by atoms with Gasteiger partial charge in [0.15, 0.2) is 5.82 Å². The van der Waals surface area contributed by atoms with Crippen molar-refractivity contribution in [1.82, 2.24) is 19.5 Å². The van der Waals surface area contributed by atoms with E-state index in [9.17, 15) is 0 Å². The highest BCUT2D eigenvalue weighted by atomic mass is 32.2. The van der Waals surface area contributed by atoms with E-state index in [1.165, 1.54) is 83.9 Å². The van der Waals surface area contributed by atoms with Crippen molar-refractivity contribution in [1.29, 1.82) is 0 Å². The van der Waals surface area contributed by atoms with Crippen LogP contribution in [0.5, 0.6) is 0 Å². The normalized spacial score (nSPS) is 14.4. The standard InChI is InChI=1S/C39H28BN5S/c1-2-9-26(10-3-1)44-34-20-18-27(45-32-13-6-4-11-28(32)29-12-5-7-14-33(29)45)22-31(34)40-30-19-17-25(39-42-23-41-24-43-39)21-37(30)46-36-16-8-15-35(44)38(36)40/h1-4,6,8-11,13,15-24H,5,7,12,14H2. The second kappa shape index (κ2) is 10.2. The molecule has 0 radical (unpaired) electrons. The van der Waals surface area contributed by atoms with E-state index in [-0.39, 0.29) is 6.71 Å². The predicted molar refractivity (Wildman–Crippen MR) is 189 cm³/mol. The fraction of sp³-hybridized carbons (Fsp3) is 0.103. The van der Waals surface area contributed by atoms with Crippen molar-refractivity contribution in [2.75, 3.05) is 4.90 Å². The molecule has 5 aromatic carbocycles. The molecule has 0 bridgehead atoms. The van der Waals surface area contributed by atoms with E-state index >= 15 is 0 Å². The first-order chi connectivity index (χ1) is 22.8. The van der Waals surface area contributed by atoms with Gasteiger partial charge in [-0.1, -0.05) is 71.8 Å². The third-order valence-corrected chi connectivity index (χ3v) is 11.0. The van der Waals surface area contributed by atoms with Crippen molar-refractivity contribution < 1.29 is 0 Å². The molecule has 7 aromatic rings. The molecular weight excluding hydrogens is 581 g/mol. The molecule has 1 aliphatic carbocycles. The molecule has 0 spiro atoms. The van der Waals surface area contributed by atoms with Gasteiger partial charge in [-0.15, -0.1) is 0 Å². The molecule has 3 aliphatic rings. The van der Waals surface area contributed by atoms with Crippen molar-refractivity contribution in [2.45, 2.75) is 35.5 Å². The Kier molecular flexibility index (Phi) is 5.79. The van der Waals surface area contributed by atoms with Crippen LogP contribution in [0.4, 0.5) is 17.1 Å². The van der Waals surface area contributed by atoms with Crippen LogP contribution in [-0.2, 0) is 12.8 Å². The zero-order chi connectivity index (χ0) is 30.2. The highest BCUT2D eigenvalue weighted by molar-refractivity contribution is 8.00. The fourth-order valence-electron chi connectivity index (χ4n) is 7.98. The summed E-state index contributed by atoms with van der Waals surface area (Å²) in [5.74, 6) is 0.698. The summed E-state index contributed by atoms with van der Waals surface area (Å²) in [6.07, 6.45) is 7.91. The molecule has 46 heavy (non-hydrogen) atoms. The lowest BCUT2D eigenvalue weighted by Gasteiger charge is -2.40. The van der Waals surface area contributed by atoms with Gasteiger partial charge in [0.2, 0.25) is 6.71 Å². The lowest BCUT2D eigenvalue weighted by molar-refractivity contribution is 0.667. The second-order valence-corrected chi connectivity index (χ2v) is 13.4. The van der Waals surface area contributed by atoms with Crippen LogP contribution in [0.1, 0.15) is 24.1 Å². The highest BCUT2D eigenvalue weighted by Gasteiger charge is 2.41. The zero-order valence-corrected chi connectivity index (χ0v) is 25.9. The quantitative estimate of drug-likeness (QED) is 0.200. The van der Waals surface area contributed by atoms with Crippen LogP contribution in [0.25, 0.3) is 28.0 Å². The molecule has 0 saturated heterocycles. The SMILES string of the molecule is c1ccc(N2c3ccc(-n4c5c(c6ccccc64)CCCC5)cc3B3c4ccc(-c5ncncn5)cc4Sc4cccc2c43)cc1. The molecule has 2 aliphatic heterocycles. The van der Waals surface area contributed by atoms with Gasteiger partial charge in [0.25, 0.3) is 0 Å². The van der Waals surface area contributed by atoms with E-state index in [0.29, 0.717) is 5.82 Å². The molecular formula is C39H28BN5S. The Bertz CT molecular complexity index is 2320. The maximum Gasteiger partial charge on any atom is 0.249 e. The van der Waals surface area contributed by atoms with Crippen LogP contribution >= 0.6 is 11.8 Å². The molecule has 0 amide bonds. The van der Waals surface area contributed by atoms with Crippen LogP contribution in [0.2, 0.25) is 0 Å². The minimum atomic E-state index is 0.0995. The van der Waals surface area contributed by atoms with E-state index in [2.05, 4.69) is 134 Å². The van der Waals surface area contributed by atoms with Gasteiger partial charge >= 0.3 is 0 Å². The minimum absolute atomic E-state index is 0.0995. The number of aryl methyl sites for hydroxylation is 1. The molecule has 0 unspecified atom stereocenters. The largest absolute Gasteiger partial charge is 0.313 e. The van der Waals surface area contributed by atoms with E-state index < -0.39 is 0 Å². The molecule has 0 saturated carbocycles. The number of benzene rings is 5. The second-order valence-electron chi connectivity index (χ2n) is 12.3. The van der Waals surface area contributed by atoms with Crippen LogP contribution < -0.4 is 21.3 Å². The zero-order valence-electron chi connectivity index (χ0n) is 25.1. The van der Waals surface area contributed by atoms with Gasteiger partial charge in [0.1, 0.15) is 12.7 Å². The lowest BCUT2D eigenvalue weighted by Crippen LogP contribution is -2.59. The third-order valence-electron chi connectivity index (χ3n) is 9.88. The molecule has 2 aromatic heterocycles. The number of hydrogen-bond acceptors (Lipinski definition) is 5. The van der Waals surface area contributed by atoms with Gasteiger partial charge in [-0.25, -0.2) is 15.0 Å². The Balaban J connectivity index is 1.23. The summed E-state index contributed by atoms with van der Waals surface area (Å²) in [7, 11) is 0. The lowest BCUT2D eigenvalue weighted by atomic mass is 9.35. The van der Waals surface area contributed by atoms with Gasteiger partial charge < -0.3 is 9.47 Å². The van der Waals surface area contributed by atoms with Gasteiger partial charge in [-0.3, -0.25) is 0 Å². The molecule has 0 fully saturated rings. The summed E-state index contributed by atoms with van der Waals surface area (Å²) < 4.78 is 2.56. The third kappa shape index (κ3) is 3.81. The molecule has 10 rings (SSSR count). The fourth-order valence-corrected chi connectivity index (χ4v) is 9.19. The van der Waals surface area contributed by atoms with Gasteiger partial charge in [0.05, 0.1) is 5.52 Å². The number of para-hydroxylation sites is 2. The average molecular weight is 610 g/mol. The first-order valence-corrected chi connectivity index (χ1v) is 16.8. The van der Waals surface area contributed by atoms with Gasteiger partial charge in [-0.05, 0) is 96.8 Å². The Labute approximate surface area is 272 Å². The Morgan fingerprint density at radius 1 is 0.652 bits per heavy atom. The molecule has 4 heterocycles. The number of hydrogen-bond donors (Lipinski definition) is 0. The molecule has 218 valence electrons. The summed E-state index contributed by atoms with van der Waals surface area (Å²) >= 11 is 1.85. The first-order valence-electron chi connectivity index (χ1n) is 16.0. The van der Waals surface area contributed by atoms with Crippen molar-refractivity contribution in [2.24, 2.45) is 0 Å². The van der Waals surface area contributed by atoms with E-state index in [4.69, 9.17) is 0 Å². The first kappa shape index (κ1) is 26.1. The minimum Gasteiger partial charge on any atom is -0.313 e. The van der Waals surface area contributed by atoms with Gasteiger partial charge in [-0.2, -0.15) is 0 Å². The summed E-state index contributed by atoms with van der Waals surface area (Å²) in [5, 5.41) is 1.40. The smallest absolute Gasteiger partial charge is 0.249 e. The maximum atomic E-state index is 4.45. The number of nitrogens with zero attached hydrogens (tertiary/aromatic N) is 5. The highest BCUT2D eigenvalue weighted by Crippen LogP contribution is 2.43. The number of fused-ring (bicyclic) bond motifs is 7. The summed E-state index contributed by atoms with van der Waals surface area (Å²) in [6, 6.07) is 40.5. The van der Waals surface area contributed by atoms with Gasteiger partial charge in [0, 0.05) is 49.2 Å². The summed E-state index contributed by atoms with van der Waals surface area (Å²) in [4.78, 5) is 17.9. The van der Waals surface area contributed by atoms with E-state index in [0.717, 1.165) is 18.4 Å². The molecule has 5 nitrogen and oxygen atoms in total. The average Bonchev–Trinajstić information content (AvgIpc) is 3.46. The van der Waals surface area contributed by atoms with Crippen LogP contribution in [0.3, 0.4) is 0 Å². The molecule has 7 heteroatoms. The van der Waals surface area contributed by atoms with Crippen molar-refractivity contribution in [3.63, 3.8) is 0 Å². The van der Waals surface area contributed by atoms with E-state index in [1.54, 1.807) is 12.7 Å². The number of rotatable bonds is 3. The number of anilines is 3.